The van der Waals surface area contributed by atoms with Gasteiger partial charge in [-0.3, -0.25) is 9.59 Å². The summed E-state index contributed by atoms with van der Waals surface area (Å²) in [6.45, 7) is 19.6. The average Bonchev–Trinajstić information content (AvgIpc) is 3.94. The lowest BCUT2D eigenvalue weighted by Gasteiger charge is -2.20. The third kappa shape index (κ3) is 9.08. The van der Waals surface area contributed by atoms with Crippen molar-refractivity contribution in [3.8, 4) is 22.8 Å². The second kappa shape index (κ2) is 16.0. The molecule has 0 saturated carbocycles. The number of nitrogens with zero attached hydrogens (tertiary/aromatic N) is 11. The van der Waals surface area contributed by atoms with E-state index in [2.05, 4.69) is 70.4 Å². The lowest BCUT2D eigenvalue weighted by molar-refractivity contribution is 0.0884. The first-order valence-corrected chi connectivity index (χ1v) is 23.5. The SMILES string of the molecule is Cn1nc(-c2cnc3[nH]cc(C(=O)NC(C)(C)C)c3n2)c2cccnc21.Cn1nc(-c2cnc3c(n2)c(C(=O)NC(C)(C)C)cn3COCC[Si](C)(C)C)c2cccnc21. The van der Waals surface area contributed by atoms with E-state index in [1.54, 1.807) is 46.5 Å². The van der Waals surface area contributed by atoms with Crippen LogP contribution in [0.25, 0.3) is 67.2 Å². The zero-order chi connectivity index (χ0) is 43.1. The van der Waals surface area contributed by atoms with Gasteiger partial charge in [-0.1, -0.05) is 19.6 Å². The van der Waals surface area contributed by atoms with Crippen LogP contribution in [0.4, 0.5) is 0 Å². The second-order valence-corrected chi connectivity index (χ2v) is 23.7. The first-order chi connectivity index (χ1) is 28.3. The van der Waals surface area contributed by atoms with Gasteiger partial charge < -0.3 is 24.9 Å². The summed E-state index contributed by atoms with van der Waals surface area (Å²) in [5, 5.41) is 16.9. The highest BCUT2D eigenvalue weighted by Gasteiger charge is 2.25. The fourth-order valence-corrected chi connectivity index (χ4v) is 7.28. The normalized spacial score (nSPS) is 12.3. The summed E-state index contributed by atoms with van der Waals surface area (Å²) >= 11 is 0. The Morgan fingerprint density at radius 1 is 0.733 bits per heavy atom. The van der Waals surface area contributed by atoms with Crippen molar-refractivity contribution in [2.45, 2.75) is 85.0 Å². The summed E-state index contributed by atoms with van der Waals surface area (Å²) in [6.07, 6.45) is 10.2. The fourth-order valence-electron chi connectivity index (χ4n) is 6.53. The van der Waals surface area contributed by atoms with E-state index in [1.165, 1.54) is 0 Å². The largest absolute Gasteiger partial charge is 0.361 e. The standard InChI is InChI=1S/C24H33N7O2Si.C18H19N7O/c1-24(2,3)28-23(32)17-14-31(15-33-11-12-34(5,6)7)22-20(17)27-18(13-26-22)19-16-9-8-10-25-21(16)30(4)29-19;1-18(2,3)23-17(26)11-8-20-15-14(11)22-12(9-21-15)13-10-6-5-7-19-16(10)25(4)24-13/h8-10,13-14H,11-12,15H2,1-7H3,(H,28,32);5-9H,1-4H3,(H,20,21)(H,23,26). The molecule has 0 aromatic carbocycles. The number of aromatic amines is 1. The van der Waals surface area contributed by atoms with Crippen LogP contribution in [-0.2, 0) is 25.6 Å². The molecular formula is C42H52N14O3Si. The molecule has 0 aliphatic heterocycles. The van der Waals surface area contributed by atoms with Crippen LogP contribution in [0.15, 0.2) is 61.4 Å². The van der Waals surface area contributed by atoms with Crippen molar-refractivity contribution in [1.29, 1.82) is 0 Å². The van der Waals surface area contributed by atoms with Gasteiger partial charge >= 0.3 is 0 Å². The van der Waals surface area contributed by atoms with Gasteiger partial charge in [0, 0.05) is 75.4 Å². The quantitative estimate of drug-likeness (QED) is 0.104. The number of carbonyl (C=O) groups excluding carboxylic acids is 2. The number of H-pyrrole nitrogens is 1. The van der Waals surface area contributed by atoms with Crippen molar-refractivity contribution < 1.29 is 14.3 Å². The lowest BCUT2D eigenvalue weighted by atomic mass is 10.1. The molecule has 0 fully saturated rings. The van der Waals surface area contributed by atoms with Crippen LogP contribution >= 0.6 is 0 Å². The number of hydrogen-bond acceptors (Lipinski definition) is 11. The number of rotatable bonds is 9. The Morgan fingerprint density at radius 3 is 1.82 bits per heavy atom. The van der Waals surface area contributed by atoms with Crippen molar-refractivity contribution in [3.05, 3.63) is 72.6 Å². The van der Waals surface area contributed by atoms with Gasteiger partial charge in [-0.15, -0.1) is 0 Å². The maximum Gasteiger partial charge on any atom is 0.255 e. The highest BCUT2D eigenvalue weighted by atomic mass is 28.3. The van der Waals surface area contributed by atoms with Crippen molar-refractivity contribution in [3.63, 3.8) is 0 Å². The molecule has 0 atom stereocenters. The third-order valence-electron chi connectivity index (χ3n) is 9.32. The lowest BCUT2D eigenvalue weighted by Crippen LogP contribution is -2.40. The van der Waals surface area contributed by atoms with Crippen molar-refractivity contribution in [2.24, 2.45) is 14.1 Å². The molecule has 0 bridgehead atoms. The summed E-state index contributed by atoms with van der Waals surface area (Å²) in [4.78, 5) is 56.1. The van der Waals surface area contributed by atoms with E-state index >= 15 is 0 Å². The zero-order valence-electron chi connectivity index (χ0n) is 36.0. The molecule has 0 saturated heterocycles. The molecule has 8 aromatic heterocycles. The molecule has 2 amide bonds. The molecule has 60 heavy (non-hydrogen) atoms. The van der Waals surface area contributed by atoms with E-state index in [9.17, 15) is 9.59 Å². The van der Waals surface area contributed by atoms with Crippen LogP contribution in [0.3, 0.4) is 0 Å². The van der Waals surface area contributed by atoms with Gasteiger partial charge in [0.2, 0.25) is 0 Å². The molecule has 0 unspecified atom stereocenters. The molecular weight excluding hydrogens is 777 g/mol. The van der Waals surface area contributed by atoms with E-state index in [0.29, 0.717) is 69.6 Å². The number of aryl methyl sites for hydroxylation is 2. The number of nitrogens with one attached hydrogen (secondary N) is 3. The smallest absolute Gasteiger partial charge is 0.255 e. The summed E-state index contributed by atoms with van der Waals surface area (Å²) in [5.41, 5.74) is 6.50. The Kier molecular flexibility index (Phi) is 11.1. The highest BCUT2D eigenvalue weighted by Crippen LogP contribution is 2.29. The third-order valence-corrected chi connectivity index (χ3v) is 11.0. The number of amides is 2. The predicted molar refractivity (Wildman–Crippen MR) is 235 cm³/mol. The minimum absolute atomic E-state index is 0.192. The number of carbonyl (C=O) groups is 2. The maximum absolute atomic E-state index is 13.2. The molecule has 8 aromatic rings. The predicted octanol–water partition coefficient (Wildman–Crippen LogP) is 6.66. The number of hydrogen-bond donors (Lipinski definition) is 3. The molecule has 0 aliphatic carbocycles. The highest BCUT2D eigenvalue weighted by molar-refractivity contribution is 6.76. The van der Waals surface area contributed by atoms with Crippen LogP contribution in [0, 0.1) is 0 Å². The van der Waals surface area contributed by atoms with E-state index in [4.69, 9.17) is 9.72 Å². The molecule has 0 radical (unpaired) electrons. The molecule has 3 N–H and O–H groups in total. The van der Waals surface area contributed by atoms with Crippen molar-refractivity contribution >= 4 is 64.3 Å². The zero-order valence-corrected chi connectivity index (χ0v) is 37.0. The molecule has 0 aliphatic rings. The first kappa shape index (κ1) is 41.7. The van der Waals surface area contributed by atoms with Gasteiger partial charge in [-0.25, -0.2) is 39.3 Å². The van der Waals surface area contributed by atoms with Crippen LogP contribution < -0.4 is 10.6 Å². The van der Waals surface area contributed by atoms with Gasteiger partial charge in [-0.2, -0.15) is 10.2 Å². The summed E-state index contributed by atoms with van der Waals surface area (Å²) in [6, 6.07) is 8.70. The molecule has 0 spiro atoms. The topological polar surface area (TPSA) is 201 Å². The molecule has 312 valence electrons. The van der Waals surface area contributed by atoms with E-state index in [1.807, 2.05) is 84.5 Å². The summed E-state index contributed by atoms with van der Waals surface area (Å²) in [7, 11) is 2.49. The maximum atomic E-state index is 13.2. The Morgan fingerprint density at radius 2 is 1.27 bits per heavy atom. The Hall–Kier alpha value is -6.40. The van der Waals surface area contributed by atoms with Crippen LogP contribution in [0.5, 0.6) is 0 Å². The fraction of sp³-hybridized carbons (Fsp3) is 0.381. The Labute approximate surface area is 348 Å². The number of fused-ring (bicyclic) bond motifs is 4. The number of aromatic nitrogens is 12. The van der Waals surface area contributed by atoms with E-state index < -0.39 is 8.07 Å². The van der Waals surface area contributed by atoms with Gasteiger partial charge in [0.05, 0.1) is 23.5 Å². The minimum Gasteiger partial charge on any atom is -0.361 e. The first-order valence-electron chi connectivity index (χ1n) is 19.8. The average molecular weight is 829 g/mol. The van der Waals surface area contributed by atoms with E-state index in [0.717, 1.165) is 28.1 Å². The second-order valence-electron chi connectivity index (χ2n) is 18.0. The monoisotopic (exact) mass is 828 g/mol. The Balaban J connectivity index is 0.000000188. The molecule has 18 heteroatoms. The van der Waals surface area contributed by atoms with Crippen LogP contribution in [-0.4, -0.2) is 96.6 Å². The Bertz CT molecular complexity index is 2870. The molecule has 8 heterocycles. The number of pyridine rings is 2. The van der Waals surface area contributed by atoms with Gasteiger partial charge in [-0.05, 0) is 71.9 Å². The van der Waals surface area contributed by atoms with Gasteiger partial charge in [0.1, 0.15) is 40.5 Å². The van der Waals surface area contributed by atoms with E-state index in [-0.39, 0.29) is 22.9 Å². The van der Waals surface area contributed by atoms with Crippen molar-refractivity contribution in [1.82, 2.24) is 69.6 Å². The minimum atomic E-state index is -1.19. The summed E-state index contributed by atoms with van der Waals surface area (Å²) < 4.78 is 11.2. The number of ether oxygens (including phenoxy) is 1. The molecule has 17 nitrogen and oxygen atoms in total. The molecule has 8 rings (SSSR count). The van der Waals surface area contributed by atoms with Gasteiger partial charge in [0.15, 0.2) is 22.6 Å². The van der Waals surface area contributed by atoms with Crippen LogP contribution in [0.1, 0.15) is 62.3 Å². The van der Waals surface area contributed by atoms with Crippen molar-refractivity contribution in [2.75, 3.05) is 6.61 Å². The summed E-state index contributed by atoms with van der Waals surface area (Å²) in [5.74, 6) is -0.389. The van der Waals surface area contributed by atoms with Crippen LogP contribution in [0.2, 0.25) is 25.7 Å². The van der Waals surface area contributed by atoms with Gasteiger partial charge in [0.25, 0.3) is 11.8 Å².